The molecule has 1 aromatic heterocycles. The van der Waals surface area contributed by atoms with E-state index in [9.17, 15) is 13.2 Å². The van der Waals surface area contributed by atoms with Crippen LogP contribution >= 0.6 is 11.6 Å². The Bertz CT molecular complexity index is 1170. The van der Waals surface area contributed by atoms with Crippen LogP contribution in [0.4, 0.5) is 11.5 Å². The Balaban J connectivity index is 1.68. The van der Waals surface area contributed by atoms with E-state index in [2.05, 4.69) is 15.1 Å². The number of amides is 1. The average molecular weight is 431 g/mol. The molecule has 0 fully saturated rings. The van der Waals surface area contributed by atoms with Gasteiger partial charge in [-0.2, -0.15) is 5.10 Å². The standard InChI is InChI=1S/C20H19ClN4O3S/c1-14-13-19(25(2)23-14)22-20(26)12-9-15-7-10-16(11-8-15)29(27,28)24-18-6-4-3-5-17(18)21/h3-13,24H,1-2H3,(H,22,26)/b12-9+. The van der Waals surface area contributed by atoms with Crippen molar-refractivity contribution < 1.29 is 13.2 Å². The quantitative estimate of drug-likeness (QED) is 0.581. The summed E-state index contributed by atoms with van der Waals surface area (Å²) in [5.74, 6) is 0.273. The number of sulfonamides is 1. The second-order valence-corrected chi connectivity index (χ2v) is 8.36. The third kappa shape index (κ3) is 5.24. The highest BCUT2D eigenvalue weighted by atomic mass is 35.5. The SMILES string of the molecule is Cc1cc(NC(=O)/C=C/c2ccc(S(=O)(=O)Nc3ccccc3Cl)cc2)n(C)n1. The first-order valence-electron chi connectivity index (χ1n) is 8.62. The van der Waals surface area contributed by atoms with Crippen LogP contribution in [0.15, 0.2) is 65.6 Å². The van der Waals surface area contributed by atoms with Gasteiger partial charge in [-0.15, -0.1) is 0 Å². The molecular weight excluding hydrogens is 412 g/mol. The summed E-state index contributed by atoms with van der Waals surface area (Å²) >= 11 is 6.00. The second kappa shape index (κ2) is 8.50. The van der Waals surface area contributed by atoms with Crippen LogP contribution in [0.3, 0.4) is 0 Å². The summed E-state index contributed by atoms with van der Waals surface area (Å²) in [6.45, 7) is 1.84. The van der Waals surface area contributed by atoms with Gasteiger partial charge in [0.05, 0.1) is 21.3 Å². The summed E-state index contributed by atoms with van der Waals surface area (Å²) in [4.78, 5) is 12.1. The number of carbonyl (C=O) groups excluding carboxylic acids is 1. The van der Waals surface area contributed by atoms with Gasteiger partial charge in [-0.25, -0.2) is 8.42 Å². The van der Waals surface area contributed by atoms with E-state index in [1.54, 1.807) is 60.3 Å². The molecule has 0 saturated carbocycles. The highest BCUT2D eigenvalue weighted by molar-refractivity contribution is 7.92. The molecule has 3 rings (SSSR count). The molecule has 150 valence electrons. The minimum atomic E-state index is -3.77. The van der Waals surface area contributed by atoms with Crippen LogP contribution in [0.1, 0.15) is 11.3 Å². The summed E-state index contributed by atoms with van der Waals surface area (Å²) in [5, 5.41) is 7.19. The van der Waals surface area contributed by atoms with Crippen LogP contribution in [-0.2, 0) is 21.9 Å². The van der Waals surface area contributed by atoms with Crippen LogP contribution in [0.2, 0.25) is 5.02 Å². The topological polar surface area (TPSA) is 93.1 Å². The molecule has 7 nitrogen and oxygen atoms in total. The molecule has 1 amide bonds. The van der Waals surface area contributed by atoms with E-state index in [4.69, 9.17) is 11.6 Å². The fraction of sp³-hybridized carbons (Fsp3) is 0.100. The van der Waals surface area contributed by atoms with Crippen LogP contribution < -0.4 is 10.0 Å². The van der Waals surface area contributed by atoms with Crippen LogP contribution in [0.5, 0.6) is 0 Å². The lowest BCUT2D eigenvalue weighted by Crippen LogP contribution is -2.13. The molecule has 0 aliphatic heterocycles. The third-order valence-electron chi connectivity index (χ3n) is 3.99. The smallest absolute Gasteiger partial charge is 0.261 e. The minimum absolute atomic E-state index is 0.0874. The number of rotatable bonds is 6. The molecule has 0 saturated heterocycles. The number of hydrogen-bond donors (Lipinski definition) is 2. The highest BCUT2D eigenvalue weighted by Gasteiger charge is 2.15. The lowest BCUT2D eigenvalue weighted by Gasteiger charge is -2.09. The van der Waals surface area contributed by atoms with Crippen molar-refractivity contribution in [1.82, 2.24) is 9.78 Å². The van der Waals surface area contributed by atoms with Gasteiger partial charge in [-0.05, 0) is 42.8 Å². The number of para-hydroxylation sites is 1. The third-order valence-corrected chi connectivity index (χ3v) is 5.70. The minimum Gasteiger partial charge on any atom is -0.307 e. The van der Waals surface area contributed by atoms with Crippen molar-refractivity contribution in [2.45, 2.75) is 11.8 Å². The number of hydrogen-bond acceptors (Lipinski definition) is 4. The van der Waals surface area contributed by atoms with E-state index < -0.39 is 10.0 Å². The number of anilines is 2. The van der Waals surface area contributed by atoms with E-state index in [0.717, 1.165) is 5.69 Å². The Labute approximate surface area is 174 Å². The van der Waals surface area contributed by atoms with Crippen molar-refractivity contribution in [3.8, 4) is 0 Å². The lowest BCUT2D eigenvalue weighted by molar-refractivity contribution is -0.111. The first kappa shape index (κ1) is 20.6. The number of benzene rings is 2. The summed E-state index contributed by atoms with van der Waals surface area (Å²) < 4.78 is 29.0. The Hall–Kier alpha value is -3.10. The van der Waals surface area contributed by atoms with Gasteiger partial charge in [-0.3, -0.25) is 14.2 Å². The van der Waals surface area contributed by atoms with Crippen molar-refractivity contribution in [3.63, 3.8) is 0 Å². The van der Waals surface area contributed by atoms with E-state index in [-0.39, 0.29) is 10.8 Å². The van der Waals surface area contributed by atoms with Crippen molar-refractivity contribution in [2.75, 3.05) is 10.0 Å². The second-order valence-electron chi connectivity index (χ2n) is 6.27. The van der Waals surface area contributed by atoms with E-state index in [1.165, 1.54) is 18.2 Å². The normalized spacial score (nSPS) is 11.6. The molecule has 0 radical (unpaired) electrons. The Kier molecular flexibility index (Phi) is 6.05. The molecule has 0 aliphatic rings. The van der Waals surface area contributed by atoms with Gasteiger partial charge in [-0.1, -0.05) is 35.9 Å². The summed E-state index contributed by atoms with van der Waals surface area (Å²) in [5.41, 5.74) is 1.78. The van der Waals surface area contributed by atoms with Gasteiger partial charge in [0, 0.05) is 19.2 Å². The molecule has 3 aromatic rings. The van der Waals surface area contributed by atoms with E-state index >= 15 is 0 Å². The Morgan fingerprint density at radius 1 is 1.14 bits per heavy atom. The number of halogens is 1. The van der Waals surface area contributed by atoms with Gasteiger partial charge >= 0.3 is 0 Å². The zero-order chi connectivity index (χ0) is 21.0. The van der Waals surface area contributed by atoms with Gasteiger partial charge in [0.25, 0.3) is 10.0 Å². The molecule has 2 aromatic carbocycles. The molecular formula is C20H19ClN4O3S. The van der Waals surface area contributed by atoms with Crippen LogP contribution in [-0.4, -0.2) is 24.1 Å². The van der Waals surface area contributed by atoms with Crippen LogP contribution in [0.25, 0.3) is 6.08 Å². The molecule has 9 heteroatoms. The monoisotopic (exact) mass is 430 g/mol. The molecule has 0 bridgehead atoms. The number of aryl methyl sites for hydroxylation is 2. The summed E-state index contributed by atoms with van der Waals surface area (Å²) in [6.07, 6.45) is 2.96. The zero-order valence-corrected chi connectivity index (χ0v) is 17.3. The first-order chi connectivity index (χ1) is 13.7. The maximum Gasteiger partial charge on any atom is 0.261 e. The number of aromatic nitrogens is 2. The predicted molar refractivity (Wildman–Crippen MR) is 114 cm³/mol. The van der Waals surface area contributed by atoms with E-state index in [1.807, 2.05) is 6.92 Å². The van der Waals surface area contributed by atoms with Crippen LogP contribution in [0, 0.1) is 6.92 Å². The predicted octanol–water partition coefficient (Wildman–Crippen LogP) is 3.83. The average Bonchev–Trinajstić information content (AvgIpc) is 2.99. The lowest BCUT2D eigenvalue weighted by atomic mass is 10.2. The highest BCUT2D eigenvalue weighted by Crippen LogP contribution is 2.24. The van der Waals surface area contributed by atoms with Crippen molar-refractivity contribution in [1.29, 1.82) is 0 Å². The number of nitrogens with one attached hydrogen (secondary N) is 2. The van der Waals surface area contributed by atoms with Gasteiger partial charge in [0.15, 0.2) is 0 Å². The van der Waals surface area contributed by atoms with Gasteiger partial charge < -0.3 is 5.32 Å². The Morgan fingerprint density at radius 2 is 1.83 bits per heavy atom. The number of carbonyl (C=O) groups is 1. The molecule has 0 aliphatic carbocycles. The molecule has 0 unspecified atom stereocenters. The fourth-order valence-electron chi connectivity index (χ4n) is 2.57. The molecule has 29 heavy (non-hydrogen) atoms. The molecule has 2 N–H and O–H groups in total. The van der Waals surface area contributed by atoms with E-state index in [0.29, 0.717) is 22.1 Å². The van der Waals surface area contributed by atoms with Gasteiger partial charge in [0.1, 0.15) is 5.82 Å². The summed E-state index contributed by atoms with van der Waals surface area (Å²) in [6, 6.07) is 14.5. The largest absolute Gasteiger partial charge is 0.307 e. The number of nitrogens with zero attached hydrogens (tertiary/aromatic N) is 2. The van der Waals surface area contributed by atoms with Crippen molar-refractivity contribution in [2.24, 2.45) is 7.05 Å². The molecule has 0 spiro atoms. The maximum atomic E-state index is 12.5. The fourth-order valence-corrected chi connectivity index (χ4v) is 3.89. The summed E-state index contributed by atoms with van der Waals surface area (Å²) in [7, 11) is -2.04. The molecule has 0 atom stereocenters. The van der Waals surface area contributed by atoms with Gasteiger partial charge in [0.2, 0.25) is 5.91 Å². The maximum absolute atomic E-state index is 12.5. The molecule has 1 heterocycles. The van der Waals surface area contributed by atoms with Crippen molar-refractivity contribution in [3.05, 3.63) is 77.0 Å². The Morgan fingerprint density at radius 3 is 2.45 bits per heavy atom. The first-order valence-corrected chi connectivity index (χ1v) is 10.5. The van der Waals surface area contributed by atoms with Crippen molar-refractivity contribution >= 4 is 45.1 Å². The zero-order valence-electron chi connectivity index (χ0n) is 15.8.